The molecule has 1 amide bonds. The number of primary amides is 1. The average molecular weight is 186 g/mol. The molecule has 1 aliphatic rings. The third-order valence-corrected chi connectivity index (χ3v) is 1.70. The monoisotopic (exact) mass is 186 g/mol. The van der Waals surface area contributed by atoms with Gasteiger partial charge in [0.15, 0.2) is 5.96 Å². The number of aliphatic imine (C=N–C) groups is 1. The number of amides is 1. The maximum Gasteiger partial charge on any atom is 0.248 e. The second kappa shape index (κ2) is 4.08. The van der Waals surface area contributed by atoms with Gasteiger partial charge in [-0.1, -0.05) is 0 Å². The lowest BCUT2D eigenvalue weighted by molar-refractivity contribution is -0.125. The number of carbonyl (C=O) groups is 1. The van der Waals surface area contributed by atoms with Crippen LogP contribution in [0.3, 0.4) is 0 Å². The Kier molecular flexibility index (Phi) is 3.07. The number of nitrogens with two attached hydrogens (primary N) is 1. The summed E-state index contributed by atoms with van der Waals surface area (Å²) in [5, 5.41) is 14.8. The van der Waals surface area contributed by atoms with Crippen molar-refractivity contribution in [3.8, 4) is 0 Å². The van der Waals surface area contributed by atoms with E-state index in [2.05, 4.69) is 15.6 Å². The number of nitrogens with one attached hydrogen (secondary N) is 2. The van der Waals surface area contributed by atoms with E-state index in [9.17, 15) is 4.79 Å². The van der Waals surface area contributed by atoms with Crippen LogP contribution in [0, 0.1) is 0 Å². The molecule has 1 heterocycles. The molecular formula is C7H14N4O2. The Bertz CT molecular complexity index is 229. The molecule has 74 valence electrons. The molecule has 0 aromatic rings. The highest BCUT2D eigenvalue weighted by Gasteiger charge is 2.15. The lowest BCUT2D eigenvalue weighted by Crippen LogP contribution is -2.44. The summed E-state index contributed by atoms with van der Waals surface area (Å²) in [4.78, 5) is 14.5. The zero-order chi connectivity index (χ0) is 9.84. The predicted molar refractivity (Wildman–Crippen MR) is 48.1 cm³/mol. The maximum absolute atomic E-state index is 10.4. The third-order valence-electron chi connectivity index (χ3n) is 1.70. The molecule has 0 spiro atoms. The molecule has 6 nitrogen and oxygen atoms in total. The summed E-state index contributed by atoms with van der Waals surface area (Å²) in [7, 11) is 0. The first kappa shape index (κ1) is 9.79. The third kappa shape index (κ3) is 2.90. The molecule has 2 unspecified atom stereocenters. The quantitative estimate of drug-likeness (QED) is 0.401. The fraction of sp³-hybridized carbons (Fsp3) is 0.714. The van der Waals surface area contributed by atoms with E-state index in [0.29, 0.717) is 18.5 Å². The van der Waals surface area contributed by atoms with E-state index in [4.69, 9.17) is 10.8 Å². The summed E-state index contributed by atoms with van der Waals surface area (Å²) in [5.74, 6) is -0.132. The molecule has 0 bridgehead atoms. The van der Waals surface area contributed by atoms with Gasteiger partial charge in [0, 0.05) is 6.04 Å². The van der Waals surface area contributed by atoms with Gasteiger partial charge in [0.2, 0.25) is 5.91 Å². The van der Waals surface area contributed by atoms with Crippen LogP contribution in [0.4, 0.5) is 0 Å². The molecule has 0 fully saturated rings. The van der Waals surface area contributed by atoms with Gasteiger partial charge in [-0.15, -0.1) is 0 Å². The standard InChI is InChI=1S/C7H14N4O2/c1-4-2-9-7(11-4)10-3-5(12)6(8)13/h4-5,12H,2-3H2,1H3,(H2,8,13)(H2,9,10,11). The Morgan fingerprint density at radius 1 is 2.00 bits per heavy atom. The number of hydrogen-bond acceptors (Lipinski definition) is 5. The Balaban J connectivity index is 2.23. The molecule has 0 aromatic carbocycles. The van der Waals surface area contributed by atoms with Gasteiger partial charge in [-0.25, -0.2) is 0 Å². The van der Waals surface area contributed by atoms with Crippen molar-refractivity contribution in [2.24, 2.45) is 10.7 Å². The summed E-state index contributed by atoms with van der Waals surface area (Å²) in [5.41, 5.74) is 4.86. The molecule has 0 saturated carbocycles. The number of carbonyl (C=O) groups excluding carboxylic acids is 1. The van der Waals surface area contributed by atoms with E-state index in [1.54, 1.807) is 0 Å². The van der Waals surface area contributed by atoms with E-state index < -0.39 is 12.0 Å². The van der Waals surface area contributed by atoms with Crippen LogP contribution in [0.15, 0.2) is 4.99 Å². The summed E-state index contributed by atoms with van der Waals surface area (Å²) >= 11 is 0. The smallest absolute Gasteiger partial charge is 0.248 e. The molecule has 13 heavy (non-hydrogen) atoms. The van der Waals surface area contributed by atoms with Gasteiger partial charge in [-0.05, 0) is 6.92 Å². The van der Waals surface area contributed by atoms with Crippen molar-refractivity contribution < 1.29 is 9.90 Å². The molecular weight excluding hydrogens is 172 g/mol. The Hall–Kier alpha value is -1.30. The Morgan fingerprint density at radius 3 is 3.15 bits per heavy atom. The molecule has 1 aliphatic heterocycles. The Morgan fingerprint density at radius 2 is 2.69 bits per heavy atom. The normalized spacial score (nSPS) is 23.2. The maximum atomic E-state index is 10.4. The molecule has 0 radical (unpaired) electrons. The van der Waals surface area contributed by atoms with Crippen LogP contribution in [-0.2, 0) is 4.79 Å². The van der Waals surface area contributed by atoms with Crippen LogP contribution in [0.2, 0.25) is 0 Å². The lowest BCUT2D eigenvalue weighted by Gasteiger charge is -2.10. The number of aliphatic hydroxyl groups is 1. The molecule has 0 aromatic heterocycles. The van der Waals surface area contributed by atoms with Gasteiger partial charge >= 0.3 is 0 Å². The number of hydrogen-bond donors (Lipinski definition) is 4. The molecule has 5 N–H and O–H groups in total. The van der Waals surface area contributed by atoms with Crippen molar-refractivity contribution in [3.05, 3.63) is 0 Å². The number of aliphatic hydroxyl groups excluding tert-OH is 1. The highest BCUT2D eigenvalue weighted by molar-refractivity contribution is 5.83. The predicted octanol–water partition coefficient (Wildman–Crippen LogP) is -2.23. The molecule has 0 aliphatic carbocycles. The van der Waals surface area contributed by atoms with Crippen molar-refractivity contribution in [1.82, 2.24) is 10.6 Å². The minimum atomic E-state index is -1.17. The van der Waals surface area contributed by atoms with Crippen LogP contribution >= 0.6 is 0 Å². The van der Waals surface area contributed by atoms with E-state index >= 15 is 0 Å². The van der Waals surface area contributed by atoms with Gasteiger partial charge in [-0.2, -0.15) is 0 Å². The van der Waals surface area contributed by atoms with Crippen LogP contribution < -0.4 is 16.4 Å². The summed E-state index contributed by atoms with van der Waals surface area (Å²) < 4.78 is 0. The highest BCUT2D eigenvalue weighted by atomic mass is 16.3. The van der Waals surface area contributed by atoms with Crippen LogP contribution in [0.25, 0.3) is 0 Å². The van der Waals surface area contributed by atoms with E-state index in [1.807, 2.05) is 6.92 Å². The van der Waals surface area contributed by atoms with Crippen molar-refractivity contribution in [2.45, 2.75) is 19.1 Å². The fourth-order valence-electron chi connectivity index (χ4n) is 0.954. The van der Waals surface area contributed by atoms with E-state index in [1.165, 1.54) is 0 Å². The van der Waals surface area contributed by atoms with Gasteiger partial charge < -0.3 is 21.5 Å². The van der Waals surface area contributed by atoms with E-state index in [0.717, 1.165) is 0 Å². The number of nitrogens with zero attached hydrogens (tertiary/aromatic N) is 1. The lowest BCUT2D eigenvalue weighted by atomic mass is 10.3. The highest BCUT2D eigenvalue weighted by Crippen LogP contribution is 1.91. The zero-order valence-electron chi connectivity index (χ0n) is 7.45. The summed E-state index contributed by atoms with van der Waals surface area (Å²) in [6.45, 7) is 2.78. The van der Waals surface area contributed by atoms with Crippen molar-refractivity contribution >= 4 is 11.9 Å². The fourth-order valence-corrected chi connectivity index (χ4v) is 0.954. The summed E-state index contributed by atoms with van der Waals surface area (Å²) in [6.07, 6.45) is -1.17. The summed E-state index contributed by atoms with van der Waals surface area (Å²) in [6, 6.07) is 0.299. The second-order valence-corrected chi connectivity index (χ2v) is 3.03. The van der Waals surface area contributed by atoms with Crippen molar-refractivity contribution in [1.29, 1.82) is 0 Å². The first-order chi connectivity index (χ1) is 6.09. The van der Waals surface area contributed by atoms with Gasteiger partial charge in [0.25, 0.3) is 0 Å². The van der Waals surface area contributed by atoms with Gasteiger partial charge in [0.05, 0.1) is 13.1 Å². The minimum Gasteiger partial charge on any atom is -0.381 e. The van der Waals surface area contributed by atoms with Gasteiger partial charge in [0.1, 0.15) is 6.10 Å². The van der Waals surface area contributed by atoms with E-state index in [-0.39, 0.29) is 6.54 Å². The topological polar surface area (TPSA) is 99.7 Å². The minimum absolute atomic E-state index is 0.0912. The van der Waals surface area contributed by atoms with Crippen molar-refractivity contribution in [2.75, 3.05) is 13.1 Å². The van der Waals surface area contributed by atoms with Crippen LogP contribution in [-0.4, -0.2) is 42.2 Å². The average Bonchev–Trinajstić information content (AvgIpc) is 2.47. The molecule has 2 atom stereocenters. The SMILES string of the molecule is CC1CN=C(NCC(O)C(N)=O)N1. The zero-order valence-corrected chi connectivity index (χ0v) is 7.45. The number of rotatable bonds is 3. The van der Waals surface area contributed by atoms with Crippen LogP contribution in [0.5, 0.6) is 0 Å². The molecule has 1 rings (SSSR count). The number of guanidine groups is 1. The molecule has 0 saturated heterocycles. The first-order valence-electron chi connectivity index (χ1n) is 4.12. The largest absolute Gasteiger partial charge is 0.381 e. The van der Waals surface area contributed by atoms with Gasteiger partial charge in [-0.3, -0.25) is 9.79 Å². The van der Waals surface area contributed by atoms with Crippen LogP contribution in [0.1, 0.15) is 6.92 Å². The molecule has 6 heteroatoms. The second-order valence-electron chi connectivity index (χ2n) is 3.03. The first-order valence-corrected chi connectivity index (χ1v) is 4.12. The Labute approximate surface area is 76.2 Å². The van der Waals surface area contributed by atoms with Crippen molar-refractivity contribution in [3.63, 3.8) is 0 Å².